The zero-order chi connectivity index (χ0) is 13.3. The highest BCUT2D eigenvalue weighted by molar-refractivity contribution is 8.00. The van der Waals surface area contributed by atoms with Crippen molar-refractivity contribution >= 4 is 11.8 Å². The Morgan fingerprint density at radius 3 is 2.83 bits per heavy atom. The van der Waals surface area contributed by atoms with Crippen LogP contribution in [0.2, 0.25) is 0 Å². The molecule has 0 saturated carbocycles. The first-order chi connectivity index (χ1) is 8.58. The van der Waals surface area contributed by atoms with Crippen LogP contribution >= 0.6 is 11.8 Å². The molecule has 18 heavy (non-hydrogen) atoms. The van der Waals surface area contributed by atoms with Crippen molar-refractivity contribution in [2.75, 3.05) is 6.54 Å². The van der Waals surface area contributed by atoms with E-state index in [1.54, 1.807) is 0 Å². The molecule has 104 valence electrons. The normalized spacial score (nSPS) is 45.6. The predicted molar refractivity (Wildman–Crippen MR) is 68.9 cm³/mol. The number of aliphatic hydroxyl groups is 3. The average Bonchev–Trinajstić information content (AvgIpc) is 2.76. The zero-order valence-corrected chi connectivity index (χ0v) is 11.0. The van der Waals surface area contributed by atoms with Gasteiger partial charge >= 0.3 is 0 Å². The molecule has 6 nitrogen and oxygen atoms in total. The second-order valence-corrected chi connectivity index (χ2v) is 5.65. The lowest BCUT2D eigenvalue weighted by Gasteiger charge is -2.40. The molecule has 7 heteroatoms. The molecular formula is C11H20N2O4S. The molecule has 7 atom stereocenters. The third-order valence-electron chi connectivity index (χ3n) is 3.22. The van der Waals surface area contributed by atoms with Crippen molar-refractivity contribution in [2.45, 2.75) is 48.3 Å². The van der Waals surface area contributed by atoms with Crippen LogP contribution in [0.3, 0.4) is 0 Å². The van der Waals surface area contributed by atoms with Gasteiger partial charge in [0.15, 0.2) is 0 Å². The van der Waals surface area contributed by atoms with Crippen LogP contribution in [-0.2, 0) is 4.74 Å². The highest BCUT2D eigenvalue weighted by atomic mass is 32.2. The first kappa shape index (κ1) is 14.3. The van der Waals surface area contributed by atoms with Crippen LogP contribution in [0.25, 0.3) is 0 Å². The molecule has 2 rings (SSSR count). The summed E-state index contributed by atoms with van der Waals surface area (Å²) in [5, 5.41) is 36.1. The van der Waals surface area contributed by atoms with E-state index in [0.29, 0.717) is 0 Å². The minimum atomic E-state index is -1.13. The quantitative estimate of drug-likeness (QED) is 0.402. The van der Waals surface area contributed by atoms with Gasteiger partial charge in [-0.1, -0.05) is 24.8 Å². The predicted octanol–water partition coefficient (Wildman–Crippen LogP) is -1.42. The van der Waals surface area contributed by atoms with Gasteiger partial charge in [0.1, 0.15) is 35.3 Å². The zero-order valence-electron chi connectivity index (χ0n) is 10.2. The van der Waals surface area contributed by atoms with Gasteiger partial charge in [-0.05, 0) is 6.54 Å². The van der Waals surface area contributed by atoms with Gasteiger partial charge in [-0.3, -0.25) is 10.6 Å². The first-order valence-corrected chi connectivity index (χ1v) is 7.00. The molecule has 5 N–H and O–H groups in total. The Morgan fingerprint density at radius 1 is 1.50 bits per heavy atom. The molecule has 2 fully saturated rings. The van der Waals surface area contributed by atoms with E-state index >= 15 is 0 Å². The first-order valence-electron chi connectivity index (χ1n) is 6.05. The molecule has 2 aliphatic rings. The molecule has 0 aromatic carbocycles. The summed E-state index contributed by atoms with van der Waals surface area (Å²) in [6.45, 7) is 6.25. The van der Waals surface area contributed by atoms with Crippen molar-refractivity contribution in [1.29, 1.82) is 0 Å². The highest BCUT2D eigenvalue weighted by Crippen LogP contribution is 2.36. The summed E-state index contributed by atoms with van der Waals surface area (Å²) >= 11 is 1.50. The Balaban J connectivity index is 2.06. The molecule has 0 amide bonds. The van der Waals surface area contributed by atoms with E-state index in [2.05, 4.69) is 17.2 Å². The van der Waals surface area contributed by atoms with Gasteiger partial charge in [-0.2, -0.15) is 0 Å². The number of aliphatic hydroxyl groups excluding tert-OH is 3. The fourth-order valence-electron chi connectivity index (χ4n) is 2.24. The molecule has 0 spiro atoms. The number of rotatable bonds is 4. The van der Waals surface area contributed by atoms with E-state index in [1.165, 1.54) is 17.8 Å². The molecule has 2 aliphatic heterocycles. The van der Waals surface area contributed by atoms with Crippen molar-refractivity contribution in [2.24, 2.45) is 0 Å². The molecule has 2 saturated heterocycles. The Kier molecular flexibility index (Phi) is 4.65. The van der Waals surface area contributed by atoms with E-state index in [0.717, 1.165) is 6.54 Å². The van der Waals surface area contributed by atoms with Gasteiger partial charge in [0, 0.05) is 0 Å². The third kappa shape index (κ3) is 2.57. The molecule has 0 radical (unpaired) electrons. The molecule has 0 bridgehead atoms. The average molecular weight is 276 g/mol. The molecule has 0 aromatic heterocycles. The van der Waals surface area contributed by atoms with Crippen LogP contribution in [0.5, 0.6) is 0 Å². The van der Waals surface area contributed by atoms with Crippen molar-refractivity contribution in [1.82, 2.24) is 10.6 Å². The Morgan fingerprint density at radius 2 is 2.22 bits per heavy atom. The van der Waals surface area contributed by atoms with E-state index in [-0.39, 0.29) is 17.0 Å². The van der Waals surface area contributed by atoms with Crippen LogP contribution in [-0.4, -0.2) is 63.3 Å². The van der Waals surface area contributed by atoms with Gasteiger partial charge in [0.25, 0.3) is 0 Å². The Bertz CT molecular complexity index is 307. The minimum Gasteiger partial charge on any atom is -0.389 e. The maximum Gasteiger partial charge on any atom is 0.124 e. The van der Waals surface area contributed by atoms with Gasteiger partial charge in [-0.25, -0.2) is 0 Å². The third-order valence-corrected chi connectivity index (χ3v) is 4.47. The fourth-order valence-corrected chi connectivity index (χ4v) is 3.61. The van der Waals surface area contributed by atoms with Crippen molar-refractivity contribution < 1.29 is 20.1 Å². The van der Waals surface area contributed by atoms with Crippen LogP contribution in [0.4, 0.5) is 0 Å². The van der Waals surface area contributed by atoms with Gasteiger partial charge in [0.05, 0.1) is 6.04 Å². The van der Waals surface area contributed by atoms with Gasteiger partial charge in [0.2, 0.25) is 0 Å². The number of thioether (sulfide) groups is 1. The second kappa shape index (κ2) is 5.87. The largest absolute Gasteiger partial charge is 0.389 e. The van der Waals surface area contributed by atoms with Crippen LogP contribution in [0.1, 0.15) is 6.92 Å². The van der Waals surface area contributed by atoms with Crippen LogP contribution in [0, 0.1) is 0 Å². The van der Waals surface area contributed by atoms with E-state index in [4.69, 9.17) is 4.74 Å². The lowest BCUT2D eigenvalue weighted by molar-refractivity contribution is -0.180. The van der Waals surface area contributed by atoms with E-state index in [1.807, 2.05) is 6.92 Å². The maximum absolute atomic E-state index is 10.1. The number of hydrogen-bond acceptors (Lipinski definition) is 7. The molecule has 0 aliphatic carbocycles. The van der Waals surface area contributed by atoms with Crippen molar-refractivity contribution in [3.8, 4) is 0 Å². The number of hydrogen-bond donors (Lipinski definition) is 5. The summed E-state index contributed by atoms with van der Waals surface area (Å²) in [5.74, 6) is 0. The van der Waals surface area contributed by atoms with Gasteiger partial charge in [-0.15, -0.1) is 6.58 Å². The number of fused-ring (bicyclic) bond motifs is 1. The maximum atomic E-state index is 10.1. The van der Waals surface area contributed by atoms with E-state index in [9.17, 15) is 15.3 Å². The molecule has 2 heterocycles. The second-order valence-electron chi connectivity index (χ2n) is 4.44. The Hall–Kier alpha value is -0.150. The SMILES string of the molecule is C=C[C@H](O)[C@H]1O[C@@H]2SC(NCC)N[C@@H]2[C@@H](O)[C@@H]1O. The van der Waals surface area contributed by atoms with Gasteiger partial charge < -0.3 is 20.1 Å². The lowest BCUT2D eigenvalue weighted by atomic mass is 9.94. The molecule has 0 aromatic rings. The smallest absolute Gasteiger partial charge is 0.124 e. The summed E-state index contributed by atoms with van der Waals surface area (Å²) in [6.07, 6.45) is -2.63. The standard InChI is InChI=1S/C11H20N2O4S/c1-3-5(14)9-8(16)7(15)6-10(17-9)18-11(13-6)12-4-2/h3,5-16H,1,4H2,2H3/t5-,6+,7+,8-,9+,10+,11?/m0/s1. The fraction of sp³-hybridized carbons (Fsp3) is 0.818. The van der Waals surface area contributed by atoms with E-state index < -0.39 is 24.4 Å². The van der Waals surface area contributed by atoms with Crippen LogP contribution < -0.4 is 10.6 Å². The van der Waals surface area contributed by atoms with Crippen LogP contribution in [0.15, 0.2) is 12.7 Å². The molecular weight excluding hydrogens is 256 g/mol. The highest BCUT2D eigenvalue weighted by Gasteiger charge is 2.50. The topological polar surface area (TPSA) is 94.0 Å². The summed E-state index contributed by atoms with van der Waals surface area (Å²) in [4.78, 5) is 0. The summed E-state index contributed by atoms with van der Waals surface area (Å²) < 4.78 is 5.65. The van der Waals surface area contributed by atoms with Crippen molar-refractivity contribution in [3.63, 3.8) is 0 Å². The monoisotopic (exact) mass is 276 g/mol. The summed E-state index contributed by atoms with van der Waals surface area (Å²) in [7, 11) is 0. The molecule has 1 unspecified atom stereocenters. The minimum absolute atomic E-state index is 0.0218. The number of ether oxygens (including phenoxy) is 1. The lowest BCUT2D eigenvalue weighted by Crippen LogP contribution is -2.61. The Labute approximate surface area is 110 Å². The number of nitrogens with one attached hydrogen (secondary N) is 2. The van der Waals surface area contributed by atoms with Crippen molar-refractivity contribution in [3.05, 3.63) is 12.7 Å². The summed E-state index contributed by atoms with van der Waals surface area (Å²) in [6, 6.07) is -0.345. The summed E-state index contributed by atoms with van der Waals surface area (Å²) in [5.41, 5.74) is -0.321.